The summed E-state index contributed by atoms with van der Waals surface area (Å²) < 4.78 is 0. The summed E-state index contributed by atoms with van der Waals surface area (Å²) in [5, 5.41) is 0. The summed E-state index contributed by atoms with van der Waals surface area (Å²) >= 11 is 0. The molecule has 0 aliphatic carbocycles. The highest BCUT2D eigenvalue weighted by molar-refractivity contribution is 6.21. The Labute approximate surface area is 450 Å². The van der Waals surface area contributed by atoms with Gasteiger partial charge in [0.1, 0.15) is 12.1 Å². The predicted octanol–water partition coefficient (Wildman–Crippen LogP) is 22.8. The summed E-state index contributed by atoms with van der Waals surface area (Å²) in [6.45, 7) is 9.08. The van der Waals surface area contributed by atoms with Gasteiger partial charge in [-0.1, -0.05) is 302 Å². The Balaban J connectivity index is 5.65. The minimum Gasteiger partial charge on any atom is -0.302 e. The first kappa shape index (κ1) is 70.2. The Bertz CT molecular complexity index is 1230. The van der Waals surface area contributed by atoms with E-state index >= 15 is 0 Å². The second kappa shape index (κ2) is 56.9. The fourth-order valence-electron chi connectivity index (χ4n) is 11.0. The third kappa shape index (κ3) is 42.4. The van der Waals surface area contributed by atoms with E-state index in [1.807, 2.05) is 0 Å². The van der Waals surface area contributed by atoms with Crippen LogP contribution in [0.2, 0.25) is 0 Å². The van der Waals surface area contributed by atoms with Gasteiger partial charge < -0.3 is 4.79 Å². The molecule has 0 aromatic rings. The largest absolute Gasteiger partial charge is 0.302 e. The number of aldehydes is 1. The molecule has 0 amide bonds. The van der Waals surface area contributed by atoms with Crippen LogP contribution in [0.1, 0.15) is 374 Å². The van der Waals surface area contributed by atoms with Crippen molar-refractivity contribution in [3.63, 3.8) is 0 Å². The van der Waals surface area contributed by atoms with Crippen LogP contribution in [0.4, 0.5) is 0 Å². The van der Waals surface area contributed by atoms with Crippen LogP contribution in [0.5, 0.6) is 0 Å². The number of carbonyl (C=O) groups excluding carboxylic acids is 4. The predicted molar refractivity (Wildman–Crippen MR) is 317 cm³/mol. The van der Waals surface area contributed by atoms with Gasteiger partial charge in [-0.3, -0.25) is 14.4 Å². The number of Topliss-reactive ketones (excluding diaryl/α,β-unsaturated/α-hetero) is 3. The molecule has 0 radical (unpaired) electrons. The van der Waals surface area contributed by atoms with Gasteiger partial charge >= 0.3 is 0 Å². The molecule has 2 atom stereocenters. The minimum absolute atomic E-state index is 0.0133. The Morgan fingerprint density at radius 1 is 0.292 bits per heavy atom. The second-order valence-corrected chi connectivity index (χ2v) is 22.8. The van der Waals surface area contributed by atoms with Crippen molar-refractivity contribution in [2.45, 2.75) is 374 Å². The molecule has 0 aliphatic heterocycles. The number of hydrogen-bond acceptors (Lipinski definition) is 4. The van der Waals surface area contributed by atoms with Crippen molar-refractivity contribution in [1.29, 1.82) is 0 Å². The van der Waals surface area contributed by atoms with Crippen LogP contribution >= 0.6 is 0 Å². The molecule has 4 heteroatoms. The number of ketones is 3. The Morgan fingerprint density at radius 3 is 0.778 bits per heavy atom. The first-order valence-electron chi connectivity index (χ1n) is 32.8. The molecule has 422 valence electrons. The van der Waals surface area contributed by atoms with Gasteiger partial charge in [-0.2, -0.15) is 0 Å². The molecule has 2 unspecified atom stereocenters. The zero-order valence-electron chi connectivity index (χ0n) is 49.3. The van der Waals surface area contributed by atoms with E-state index in [4.69, 9.17) is 0 Å². The van der Waals surface area contributed by atoms with Gasteiger partial charge in [-0.05, 0) is 77.0 Å². The van der Waals surface area contributed by atoms with Gasteiger partial charge in [-0.25, -0.2) is 0 Å². The summed E-state index contributed by atoms with van der Waals surface area (Å²) in [6.07, 6.45) is 71.2. The van der Waals surface area contributed by atoms with E-state index in [0.29, 0.717) is 32.0 Å². The lowest BCUT2D eigenvalue weighted by molar-refractivity contribution is -0.153. The maximum atomic E-state index is 14.7. The van der Waals surface area contributed by atoms with E-state index in [9.17, 15) is 19.2 Å². The Morgan fingerprint density at radius 2 is 0.514 bits per heavy atom. The van der Waals surface area contributed by atoms with Crippen LogP contribution in [0, 0.1) is 11.3 Å². The highest BCUT2D eigenvalue weighted by Crippen LogP contribution is 2.38. The topological polar surface area (TPSA) is 68.3 Å². The molecular weight excluding hydrogens is 881 g/mol. The summed E-state index contributed by atoms with van der Waals surface area (Å²) in [7, 11) is 0. The van der Waals surface area contributed by atoms with Crippen molar-refractivity contribution >= 4 is 23.6 Å². The lowest BCUT2D eigenvalue weighted by Gasteiger charge is -2.33. The van der Waals surface area contributed by atoms with Crippen molar-refractivity contribution in [2.24, 2.45) is 11.3 Å². The summed E-state index contributed by atoms with van der Waals surface area (Å²) in [5.74, 6) is -1.38. The molecule has 0 fully saturated rings. The third-order valence-electron chi connectivity index (χ3n) is 16.0. The molecule has 72 heavy (non-hydrogen) atoms. The van der Waals surface area contributed by atoms with Gasteiger partial charge in [-0.15, -0.1) is 0 Å². The SMILES string of the molecule is CCCCCCCCC=CCCCCCCCC(=O)C(C=O)(C(=O)CCCCCCCCCCCCCCC)C(CCCCCC=CCCCCCCCC)C(=O)CCCCCCCCCCCCCCC. The number of carbonyl (C=O) groups is 4. The second-order valence-electron chi connectivity index (χ2n) is 22.8. The standard InChI is InChI=1S/C68H126O4/c1-5-9-13-17-21-25-29-33-34-38-42-46-50-54-58-62-67(72)68(63-69,66(71)61-57-53-49-45-41-37-32-28-24-20-16-12-8-4)64(59-55-51-47-43-39-35-30-26-22-18-14-10-6-2)65(70)60-56-52-48-44-40-36-31-27-23-19-15-11-7-3/h33-35,39,63-64H,5-32,36-38,40-62H2,1-4H3. The summed E-state index contributed by atoms with van der Waals surface area (Å²) in [6, 6.07) is 0. The quantitative estimate of drug-likeness (QED) is 0.0263. The highest BCUT2D eigenvalue weighted by Gasteiger charge is 2.52. The number of rotatable bonds is 61. The number of hydrogen-bond donors (Lipinski definition) is 0. The van der Waals surface area contributed by atoms with Crippen LogP contribution in [0.15, 0.2) is 24.3 Å². The number of allylic oxidation sites excluding steroid dienone is 4. The van der Waals surface area contributed by atoms with Crippen LogP contribution in [0.3, 0.4) is 0 Å². The fourth-order valence-corrected chi connectivity index (χ4v) is 11.0. The van der Waals surface area contributed by atoms with Crippen LogP contribution in [-0.2, 0) is 19.2 Å². The van der Waals surface area contributed by atoms with Gasteiger partial charge in [0, 0.05) is 25.2 Å². The van der Waals surface area contributed by atoms with E-state index in [1.54, 1.807) is 0 Å². The van der Waals surface area contributed by atoms with Crippen molar-refractivity contribution in [2.75, 3.05) is 0 Å². The maximum Gasteiger partial charge on any atom is 0.154 e. The Kier molecular flexibility index (Phi) is 55.4. The highest BCUT2D eigenvalue weighted by atomic mass is 16.2. The van der Waals surface area contributed by atoms with E-state index in [0.717, 1.165) is 96.3 Å². The molecule has 0 aliphatic rings. The minimum atomic E-state index is -1.83. The average molecular weight is 1010 g/mol. The van der Waals surface area contributed by atoms with Gasteiger partial charge in [0.05, 0.1) is 0 Å². The smallest absolute Gasteiger partial charge is 0.154 e. The molecule has 0 aromatic carbocycles. The van der Waals surface area contributed by atoms with Gasteiger partial charge in [0.2, 0.25) is 0 Å². The van der Waals surface area contributed by atoms with Crippen molar-refractivity contribution in [3.05, 3.63) is 24.3 Å². The third-order valence-corrected chi connectivity index (χ3v) is 16.0. The first-order chi connectivity index (χ1) is 35.5. The molecule has 0 spiro atoms. The average Bonchev–Trinajstić information content (AvgIpc) is 3.38. The van der Waals surface area contributed by atoms with Crippen molar-refractivity contribution in [3.8, 4) is 0 Å². The van der Waals surface area contributed by atoms with Gasteiger partial charge in [0.25, 0.3) is 0 Å². The maximum absolute atomic E-state index is 14.7. The van der Waals surface area contributed by atoms with Crippen LogP contribution in [0.25, 0.3) is 0 Å². The molecule has 0 N–H and O–H groups in total. The molecule has 0 aromatic heterocycles. The molecule has 0 bridgehead atoms. The lowest BCUT2D eigenvalue weighted by atomic mass is 9.64. The van der Waals surface area contributed by atoms with E-state index in [-0.39, 0.29) is 30.2 Å². The summed E-state index contributed by atoms with van der Waals surface area (Å²) in [4.78, 5) is 57.5. The zero-order chi connectivity index (χ0) is 52.5. The van der Waals surface area contributed by atoms with Gasteiger partial charge in [0.15, 0.2) is 17.0 Å². The molecular formula is C68H126O4. The Hall–Kier alpha value is -1.84. The van der Waals surface area contributed by atoms with Crippen molar-refractivity contribution < 1.29 is 19.2 Å². The first-order valence-corrected chi connectivity index (χ1v) is 32.8. The molecule has 0 saturated carbocycles. The van der Waals surface area contributed by atoms with E-state index in [2.05, 4.69) is 52.0 Å². The molecule has 4 nitrogen and oxygen atoms in total. The zero-order valence-corrected chi connectivity index (χ0v) is 49.3. The van der Waals surface area contributed by atoms with Crippen LogP contribution < -0.4 is 0 Å². The van der Waals surface area contributed by atoms with Crippen molar-refractivity contribution in [1.82, 2.24) is 0 Å². The molecule has 0 saturated heterocycles. The molecule has 0 rings (SSSR count). The summed E-state index contributed by atoms with van der Waals surface area (Å²) in [5.41, 5.74) is -1.83. The number of unbranched alkanes of at least 4 members (excludes halogenated alkanes) is 44. The van der Waals surface area contributed by atoms with E-state index in [1.165, 1.54) is 212 Å². The lowest BCUT2D eigenvalue weighted by Crippen LogP contribution is -2.50. The molecule has 0 heterocycles. The monoisotopic (exact) mass is 1010 g/mol. The van der Waals surface area contributed by atoms with Crippen LogP contribution in [-0.4, -0.2) is 23.6 Å². The van der Waals surface area contributed by atoms with E-state index < -0.39 is 11.3 Å². The fraction of sp³-hybridized carbons (Fsp3) is 0.882. The normalized spacial score (nSPS) is 13.1.